The second-order valence-corrected chi connectivity index (χ2v) is 16.6. The van der Waals surface area contributed by atoms with Gasteiger partial charge in [-0.2, -0.15) is 0 Å². The van der Waals surface area contributed by atoms with Gasteiger partial charge in [-0.05, 0) is 131 Å². The molecule has 11 rings (SSSR count). The van der Waals surface area contributed by atoms with Gasteiger partial charge in [0.05, 0.1) is 11.0 Å². The van der Waals surface area contributed by atoms with E-state index in [4.69, 9.17) is 0 Å². The number of hydrogen-bond acceptors (Lipinski definition) is 0. The molecule has 0 saturated heterocycles. The molecule has 56 heavy (non-hydrogen) atoms. The summed E-state index contributed by atoms with van der Waals surface area (Å²) in [6, 6.07) is 66.0. The van der Waals surface area contributed by atoms with Gasteiger partial charge < -0.3 is 4.57 Å². The van der Waals surface area contributed by atoms with Crippen LogP contribution in [0.15, 0.2) is 176 Å². The van der Waals surface area contributed by atoms with Crippen molar-refractivity contribution in [2.24, 2.45) is 0 Å². The van der Waals surface area contributed by atoms with E-state index in [-0.39, 0.29) is 5.41 Å². The van der Waals surface area contributed by atoms with Gasteiger partial charge in [-0.15, -0.1) is 0 Å². The number of para-hydroxylation sites is 1. The fourth-order valence-corrected chi connectivity index (χ4v) is 9.24. The van der Waals surface area contributed by atoms with Crippen LogP contribution in [-0.2, 0) is 5.41 Å². The Balaban J connectivity index is 1.10. The van der Waals surface area contributed by atoms with E-state index < -0.39 is 0 Å². The van der Waals surface area contributed by atoms with Crippen molar-refractivity contribution in [3.05, 3.63) is 187 Å². The van der Waals surface area contributed by atoms with Crippen LogP contribution in [0.25, 0.3) is 104 Å². The van der Waals surface area contributed by atoms with Crippen molar-refractivity contribution in [1.29, 1.82) is 0 Å². The van der Waals surface area contributed by atoms with Gasteiger partial charge in [0, 0.05) is 16.5 Å². The van der Waals surface area contributed by atoms with E-state index in [1.165, 1.54) is 109 Å². The van der Waals surface area contributed by atoms with E-state index in [2.05, 4.69) is 208 Å². The largest absolute Gasteiger partial charge is 0.309 e. The molecule has 0 aliphatic carbocycles. The van der Waals surface area contributed by atoms with Crippen LogP contribution in [0, 0.1) is 6.92 Å². The normalized spacial score (nSPS) is 12.3. The van der Waals surface area contributed by atoms with E-state index >= 15 is 0 Å². The minimum absolute atomic E-state index is 0.0693. The van der Waals surface area contributed by atoms with Gasteiger partial charge in [0.15, 0.2) is 0 Å². The van der Waals surface area contributed by atoms with E-state index in [0.717, 1.165) is 5.69 Å². The van der Waals surface area contributed by atoms with Crippen molar-refractivity contribution < 1.29 is 0 Å². The van der Waals surface area contributed by atoms with Crippen molar-refractivity contribution in [2.45, 2.75) is 33.1 Å². The predicted molar refractivity (Wildman–Crippen MR) is 242 cm³/mol. The lowest BCUT2D eigenvalue weighted by Crippen LogP contribution is -2.10. The van der Waals surface area contributed by atoms with E-state index in [1.54, 1.807) is 0 Å². The highest BCUT2D eigenvalue weighted by Gasteiger charge is 2.21. The van der Waals surface area contributed by atoms with Gasteiger partial charge in [0.2, 0.25) is 0 Å². The zero-order chi connectivity index (χ0) is 37.7. The molecule has 0 aliphatic rings. The SMILES string of the molecule is Cc1ccc(-c2cc(-c3ccc(-n4c5ccccc5c5cc(-c6cccc7ccccc67)ccc54)cc3)c3ccc4cc(C(C)(C)C)cc5ccc2c3c54)cc1. The first-order valence-electron chi connectivity index (χ1n) is 19.8. The Morgan fingerprint density at radius 3 is 1.66 bits per heavy atom. The average Bonchev–Trinajstić information content (AvgIpc) is 3.56. The van der Waals surface area contributed by atoms with Crippen molar-refractivity contribution in [3.63, 3.8) is 0 Å². The molecule has 1 nitrogen and oxygen atoms in total. The molecular weight excluding hydrogens is 675 g/mol. The third-order valence-electron chi connectivity index (χ3n) is 12.2. The van der Waals surface area contributed by atoms with Crippen LogP contribution >= 0.6 is 0 Å². The summed E-state index contributed by atoms with van der Waals surface area (Å²) in [4.78, 5) is 0. The van der Waals surface area contributed by atoms with Gasteiger partial charge in [0.1, 0.15) is 0 Å². The topological polar surface area (TPSA) is 4.93 Å². The maximum atomic E-state index is 2.43. The molecule has 0 amide bonds. The number of aryl methyl sites for hydroxylation is 1. The van der Waals surface area contributed by atoms with Crippen LogP contribution in [0.1, 0.15) is 31.9 Å². The molecule has 0 bridgehead atoms. The summed E-state index contributed by atoms with van der Waals surface area (Å²) >= 11 is 0. The molecule has 11 aromatic rings. The van der Waals surface area contributed by atoms with Crippen molar-refractivity contribution in [3.8, 4) is 39.1 Å². The van der Waals surface area contributed by atoms with Gasteiger partial charge >= 0.3 is 0 Å². The molecule has 0 spiro atoms. The highest BCUT2D eigenvalue weighted by molar-refractivity contribution is 6.28. The van der Waals surface area contributed by atoms with Crippen LogP contribution in [0.4, 0.5) is 0 Å². The molecule has 0 unspecified atom stereocenters. The molecule has 0 atom stereocenters. The lowest BCUT2D eigenvalue weighted by molar-refractivity contribution is 0.591. The summed E-state index contributed by atoms with van der Waals surface area (Å²) in [5.41, 5.74) is 13.8. The number of rotatable bonds is 4. The van der Waals surface area contributed by atoms with E-state index in [0.29, 0.717) is 0 Å². The summed E-state index contributed by atoms with van der Waals surface area (Å²) in [7, 11) is 0. The van der Waals surface area contributed by atoms with E-state index in [1.807, 2.05) is 0 Å². The van der Waals surface area contributed by atoms with Gasteiger partial charge in [0.25, 0.3) is 0 Å². The molecule has 0 saturated carbocycles. The minimum atomic E-state index is 0.0693. The van der Waals surface area contributed by atoms with Gasteiger partial charge in [-0.1, -0.05) is 166 Å². The summed E-state index contributed by atoms with van der Waals surface area (Å²) < 4.78 is 2.43. The molecule has 0 aliphatic heterocycles. The molecule has 10 aromatic carbocycles. The molecular formula is C55H41N. The van der Waals surface area contributed by atoms with Gasteiger partial charge in [-0.25, -0.2) is 0 Å². The fourth-order valence-electron chi connectivity index (χ4n) is 9.24. The van der Waals surface area contributed by atoms with Crippen LogP contribution < -0.4 is 0 Å². The maximum absolute atomic E-state index is 2.43. The molecule has 1 heteroatoms. The highest BCUT2D eigenvalue weighted by Crippen LogP contribution is 2.45. The first kappa shape index (κ1) is 32.7. The van der Waals surface area contributed by atoms with Crippen LogP contribution in [0.3, 0.4) is 0 Å². The second-order valence-electron chi connectivity index (χ2n) is 16.6. The Morgan fingerprint density at radius 1 is 0.375 bits per heavy atom. The lowest BCUT2D eigenvalue weighted by atomic mass is 9.81. The summed E-state index contributed by atoms with van der Waals surface area (Å²) in [6.07, 6.45) is 0. The number of hydrogen-bond donors (Lipinski definition) is 0. The molecule has 1 aromatic heterocycles. The van der Waals surface area contributed by atoms with Crippen molar-refractivity contribution in [2.75, 3.05) is 0 Å². The third-order valence-corrected chi connectivity index (χ3v) is 12.2. The Bertz CT molecular complexity index is 3290. The Hall–Kier alpha value is -6.70. The predicted octanol–water partition coefficient (Wildman–Crippen LogP) is 15.4. The lowest BCUT2D eigenvalue weighted by Gasteiger charge is -2.23. The molecule has 266 valence electrons. The van der Waals surface area contributed by atoms with Crippen molar-refractivity contribution >= 4 is 64.9 Å². The smallest absolute Gasteiger partial charge is 0.0541 e. The van der Waals surface area contributed by atoms with Gasteiger partial charge in [-0.3, -0.25) is 0 Å². The molecule has 1 heterocycles. The summed E-state index contributed by atoms with van der Waals surface area (Å²) in [5, 5.41) is 13.0. The molecule has 0 N–H and O–H groups in total. The highest BCUT2D eigenvalue weighted by atomic mass is 15.0. The summed E-state index contributed by atoms with van der Waals surface area (Å²) in [6.45, 7) is 9.08. The Labute approximate surface area is 327 Å². The van der Waals surface area contributed by atoms with Crippen LogP contribution in [0.2, 0.25) is 0 Å². The molecule has 0 radical (unpaired) electrons. The van der Waals surface area contributed by atoms with Crippen LogP contribution in [-0.4, -0.2) is 4.57 Å². The summed E-state index contributed by atoms with van der Waals surface area (Å²) in [5.74, 6) is 0. The standard InChI is InChI=1S/C55H41N/c1-34-16-18-36(19-17-34)48-33-49(47-28-23-40-31-41(55(2,3)4)30-39-22-27-46(48)54(47)53(39)40)37-20-25-42(26-21-37)56-51-15-8-7-13-45(51)50-32-38(24-29-52(50)56)44-14-9-11-35-10-5-6-12-43(35)44/h5-33H,1-4H3. The fraction of sp³-hybridized carbons (Fsp3) is 0.0909. The third kappa shape index (κ3) is 5.01. The van der Waals surface area contributed by atoms with E-state index in [9.17, 15) is 0 Å². The number of aromatic nitrogens is 1. The minimum Gasteiger partial charge on any atom is -0.309 e. The first-order valence-corrected chi connectivity index (χ1v) is 19.8. The first-order chi connectivity index (χ1) is 27.3. The van der Waals surface area contributed by atoms with Crippen molar-refractivity contribution in [1.82, 2.24) is 4.57 Å². The maximum Gasteiger partial charge on any atom is 0.0541 e. The monoisotopic (exact) mass is 715 g/mol. The quantitative estimate of drug-likeness (QED) is 0.160. The van der Waals surface area contributed by atoms with Crippen LogP contribution in [0.5, 0.6) is 0 Å². The average molecular weight is 716 g/mol. The number of nitrogens with zero attached hydrogens (tertiary/aromatic N) is 1. The number of fused-ring (bicyclic) bond motifs is 4. The molecule has 0 fully saturated rings. The Morgan fingerprint density at radius 2 is 0.964 bits per heavy atom. The zero-order valence-corrected chi connectivity index (χ0v) is 32.2. The second kappa shape index (κ2) is 12.2. The zero-order valence-electron chi connectivity index (χ0n) is 32.2. The Kier molecular flexibility index (Phi) is 7.10. The number of benzene rings is 10.